The number of thiazole rings is 2. The second-order valence-corrected chi connectivity index (χ2v) is 9.48. The third-order valence-electron chi connectivity index (χ3n) is 4.28. The number of hydrogen-bond donors (Lipinski definition) is 1. The predicted molar refractivity (Wildman–Crippen MR) is 126 cm³/mol. The molecule has 156 valence electrons. The fourth-order valence-corrected chi connectivity index (χ4v) is 5.05. The first kappa shape index (κ1) is 21.2. The second-order valence-electron chi connectivity index (χ2n) is 6.54. The highest BCUT2D eigenvalue weighted by molar-refractivity contribution is 8.01. The number of non-ortho nitro benzene ring substituents is 1. The molecule has 2 heterocycles. The van der Waals surface area contributed by atoms with Gasteiger partial charge in [-0.3, -0.25) is 14.9 Å². The number of aromatic nitrogens is 2. The average molecular weight is 469 g/mol. The number of nitro groups is 1. The summed E-state index contributed by atoms with van der Waals surface area (Å²) in [6.45, 7) is 2.04. The SMILES string of the molecule is Cc1ccc(-c2csc(SCC(=O)Nc3nc(-c4ccc([N+](=O)[O-])cc4)cs3)n2)cc1. The lowest BCUT2D eigenvalue weighted by atomic mass is 10.1. The summed E-state index contributed by atoms with van der Waals surface area (Å²) >= 11 is 4.20. The van der Waals surface area contributed by atoms with Crippen LogP contribution < -0.4 is 5.32 Å². The van der Waals surface area contributed by atoms with Crippen molar-refractivity contribution in [1.29, 1.82) is 0 Å². The topological polar surface area (TPSA) is 98.0 Å². The fourth-order valence-electron chi connectivity index (χ4n) is 2.68. The van der Waals surface area contributed by atoms with Gasteiger partial charge < -0.3 is 5.32 Å². The molecule has 0 aliphatic heterocycles. The molecule has 4 rings (SSSR count). The summed E-state index contributed by atoms with van der Waals surface area (Å²) in [6, 6.07) is 14.3. The van der Waals surface area contributed by atoms with Gasteiger partial charge in [0.2, 0.25) is 5.91 Å². The van der Waals surface area contributed by atoms with E-state index in [4.69, 9.17) is 0 Å². The Morgan fingerprint density at radius 3 is 2.29 bits per heavy atom. The number of benzene rings is 2. The number of aryl methyl sites for hydroxylation is 1. The van der Waals surface area contributed by atoms with Gasteiger partial charge in [0.25, 0.3) is 5.69 Å². The van der Waals surface area contributed by atoms with E-state index >= 15 is 0 Å². The van der Waals surface area contributed by atoms with Crippen molar-refractivity contribution in [2.45, 2.75) is 11.3 Å². The number of rotatable bonds is 7. The van der Waals surface area contributed by atoms with Crippen LogP contribution in [0.5, 0.6) is 0 Å². The van der Waals surface area contributed by atoms with Gasteiger partial charge in [-0.05, 0) is 19.1 Å². The van der Waals surface area contributed by atoms with Crippen LogP contribution in [0.2, 0.25) is 0 Å². The van der Waals surface area contributed by atoms with Crippen LogP contribution in [-0.4, -0.2) is 26.6 Å². The van der Waals surface area contributed by atoms with Crippen LogP contribution in [0.4, 0.5) is 10.8 Å². The molecule has 2 aromatic carbocycles. The molecule has 0 saturated heterocycles. The molecular formula is C21H16N4O3S3. The highest BCUT2D eigenvalue weighted by Gasteiger charge is 2.12. The second kappa shape index (κ2) is 9.38. The van der Waals surface area contributed by atoms with Gasteiger partial charge in [0.05, 0.1) is 22.1 Å². The van der Waals surface area contributed by atoms with Crippen molar-refractivity contribution in [2.75, 3.05) is 11.1 Å². The maximum Gasteiger partial charge on any atom is 0.269 e. The summed E-state index contributed by atoms with van der Waals surface area (Å²) in [5.41, 5.74) is 4.59. The maximum absolute atomic E-state index is 12.3. The van der Waals surface area contributed by atoms with E-state index in [9.17, 15) is 14.9 Å². The zero-order chi connectivity index (χ0) is 21.8. The first-order valence-electron chi connectivity index (χ1n) is 9.13. The standard InChI is InChI=1S/C21H16N4O3S3/c1-13-2-4-14(5-3-13)18-11-30-21(23-18)31-12-19(26)24-20-22-17(10-29-20)15-6-8-16(9-7-15)25(27)28/h2-11H,12H2,1H3,(H,22,24,26). The number of nitro benzene ring substituents is 1. The van der Waals surface area contributed by atoms with Gasteiger partial charge in [0.15, 0.2) is 9.47 Å². The van der Waals surface area contributed by atoms with Gasteiger partial charge in [-0.1, -0.05) is 41.6 Å². The number of carbonyl (C=O) groups excluding carboxylic acids is 1. The van der Waals surface area contributed by atoms with Crippen LogP contribution in [0.15, 0.2) is 63.6 Å². The van der Waals surface area contributed by atoms with E-state index in [2.05, 4.69) is 15.3 Å². The maximum atomic E-state index is 12.3. The first-order chi connectivity index (χ1) is 15.0. The fraction of sp³-hybridized carbons (Fsp3) is 0.0952. The third kappa shape index (κ3) is 5.35. The zero-order valence-corrected chi connectivity index (χ0v) is 18.7. The van der Waals surface area contributed by atoms with Crippen LogP contribution in [0.3, 0.4) is 0 Å². The van der Waals surface area contributed by atoms with E-state index in [-0.39, 0.29) is 17.3 Å². The molecule has 0 atom stereocenters. The highest BCUT2D eigenvalue weighted by Crippen LogP contribution is 2.29. The normalized spacial score (nSPS) is 10.7. The number of anilines is 1. The minimum atomic E-state index is -0.444. The number of amides is 1. The molecule has 4 aromatic rings. The molecule has 0 unspecified atom stereocenters. The van der Waals surface area contributed by atoms with Gasteiger partial charge in [-0.2, -0.15) is 0 Å². The van der Waals surface area contributed by atoms with Gasteiger partial charge >= 0.3 is 0 Å². The molecular weight excluding hydrogens is 452 g/mol. The van der Waals surface area contributed by atoms with E-state index in [1.54, 1.807) is 17.5 Å². The molecule has 31 heavy (non-hydrogen) atoms. The molecule has 0 bridgehead atoms. The Kier molecular flexibility index (Phi) is 6.40. The van der Waals surface area contributed by atoms with Crippen molar-refractivity contribution in [2.24, 2.45) is 0 Å². The van der Waals surface area contributed by atoms with E-state index in [0.29, 0.717) is 10.8 Å². The van der Waals surface area contributed by atoms with Gasteiger partial charge in [-0.15, -0.1) is 22.7 Å². The van der Waals surface area contributed by atoms with Gasteiger partial charge in [0, 0.05) is 34.0 Å². The Hall–Kier alpha value is -3.08. The third-order valence-corrected chi connectivity index (χ3v) is 7.06. The molecule has 1 N–H and O–H groups in total. The van der Waals surface area contributed by atoms with Crippen LogP contribution in [0.1, 0.15) is 5.56 Å². The lowest BCUT2D eigenvalue weighted by Crippen LogP contribution is -2.13. The zero-order valence-electron chi connectivity index (χ0n) is 16.3. The summed E-state index contributed by atoms with van der Waals surface area (Å²) in [5, 5.41) is 17.8. The molecule has 7 nitrogen and oxygen atoms in total. The van der Waals surface area contributed by atoms with Crippen molar-refractivity contribution in [3.05, 3.63) is 75.0 Å². The molecule has 0 spiro atoms. The van der Waals surface area contributed by atoms with Gasteiger partial charge in [-0.25, -0.2) is 9.97 Å². The van der Waals surface area contributed by atoms with Crippen molar-refractivity contribution < 1.29 is 9.72 Å². The predicted octanol–water partition coefficient (Wildman–Crippen LogP) is 5.88. The van der Waals surface area contributed by atoms with Crippen LogP contribution >= 0.6 is 34.4 Å². The Labute approximate surface area is 190 Å². The Morgan fingerprint density at radius 2 is 1.61 bits per heavy atom. The molecule has 0 radical (unpaired) electrons. The average Bonchev–Trinajstić information content (AvgIpc) is 3.43. The minimum absolute atomic E-state index is 0.0252. The molecule has 0 aliphatic rings. The molecule has 0 aliphatic carbocycles. The van der Waals surface area contributed by atoms with Crippen LogP contribution in [0.25, 0.3) is 22.5 Å². The van der Waals surface area contributed by atoms with Crippen molar-refractivity contribution in [1.82, 2.24) is 9.97 Å². The summed E-state index contributed by atoms with van der Waals surface area (Å²) in [6.07, 6.45) is 0. The van der Waals surface area contributed by atoms with E-state index in [1.165, 1.54) is 52.1 Å². The Bertz CT molecular complexity index is 1220. The van der Waals surface area contributed by atoms with Crippen LogP contribution in [0, 0.1) is 17.0 Å². The van der Waals surface area contributed by atoms with Crippen LogP contribution in [-0.2, 0) is 4.79 Å². The van der Waals surface area contributed by atoms with E-state index in [1.807, 2.05) is 36.6 Å². The number of hydrogen-bond acceptors (Lipinski definition) is 8. The number of nitrogens with zero attached hydrogens (tertiary/aromatic N) is 3. The highest BCUT2D eigenvalue weighted by atomic mass is 32.2. The number of carbonyl (C=O) groups is 1. The number of nitrogens with one attached hydrogen (secondary N) is 1. The lowest BCUT2D eigenvalue weighted by molar-refractivity contribution is -0.384. The summed E-state index contributed by atoms with van der Waals surface area (Å²) in [7, 11) is 0. The lowest BCUT2D eigenvalue weighted by Gasteiger charge is -2.00. The Morgan fingerprint density at radius 1 is 1.00 bits per heavy atom. The quantitative estimate of drug-likeness (QED) is 0.207. The minimum Gasteiger partial charge on any atom is -0.301 e. The van der Waals surface area contributed by atoms with E-state index < -0.39 is 4.92 Å². The summed E-state index contributed by atoms with van der Waals surface area (Å²) < 4.78 is 0.830. The summed E-state index contributed by atoms with van der Waals surface area (Å²) in [4.78, 5) is 31.6. The summed E-state index contributed by atoms with van der Waals surface area (Å²) in [5.74, 6) is 0.0644. The molecule has 0 saturated carbocycles. The van der Waals surface area contributed by atoms with Gasteiger partial charge in [0.1, 0.15) is 0 Å². The molecule has 10 heteroatoms. The molecule has 0 fully saturated rings. The van der Waals surface area contributed by atoms with Crippen molar-refractivity contribution >= 4 is 51.2 Å². The van der Waals surface area contributed by atoms with Crippen molar-refractivity contribution in [3.8, 4) is 22.5 Å². The van der Waals surface area contributed by atoms with Crippen molar-refractivity contribution in [3.63, 3.8) is 0 Å². The number of thioether (sulfide) groups is 1. The smallest absolute Gasteiger partial charge is 0.269 e. The first-order valence-corrected chi connectivity index (χ1v) is 11.9. The monoisotopic (exact) mass is 468 g/mol. The Balaban J connectivity index is 1.32. The largest absolute Gasteiger partial charge is 0.301 e. The molecule has 2 aromatic heterocycles. The molecule has 1 amide bonds. The van der Waals surface area contributed by atoms with E-state index in [0.717, 1.165) is 21.2 Å².